The largest absolute Gasteiger partial charge is 0.481 e. The molecular weight excluding hydrogens is 160 g/mol. The molecule has 5 nitrogen and oxygen atoms in total. The van der Waals surface area contributed by atoms with E-state index in [0.29, 0.717) is 5.37 Å². The summed E-state index contributed by atoms with van der Waals surface area (Å²) in [6.07, 6.45) is -0.784. The van der Waals surface area contributed by atoms with Crippen LogP contribution in [0.15, 0.2) is 0 Å². The standard InChI is InChI=1S/C4H4O5S/c5-3(1-4(6)7)2-10(8)9/h2H,1H2,(H,6,7). The maximum absolute atomic E-state index is 10.2. The number of ketones is 1. The molecule has 0 aromatic carbocycles. The molecule has 1 N–H and O–H groups in total. The van der Waals surface area contributed by atoms with Crippen LogP contribution in [0.25, 0.3) is 0 Å². The average Bonchev–Trinajstić information content (AvgIpc) is 1.58. The second kappa shape index (κ2) is 3.78. The lowest BCUT2D eigenvalue weighted by atomic mass is 10.3. The minimum absolute atomic E-state index is 0.327. The van der Waals surface area contributed by atoms with E-state index in [9.17, 15) is 18.0 Å². The minimum Gasteiger partial charge on any atom is -0.481 e. The van der Waals surface area contributed by atoms with Gasteiger partial charge in [0.15, 0.2) is 5.78 Å². The molecule has 56 valence electrons. The van der Waals surface area contributed by atoms with Crippen LogP contribution in [0.2, 0.25) is 0 Å². The summed E-state index contributed by atoms with van der Waals surface area (Å²) in [6.45, 7) is 0. The molecule has 10 heavy (non-hydrogen) atoms. The number of hydrogen-bond acceptors (Lipinski definition) is 4. The van der Waals surface area contributed by atoms with Crippen LogP contribution in [0.3, 0.4) is 0 Å². The molecule has 0 rings (SSSR count). The summed E-state index contributed by atoms with van der Waals surface area (Å²) in [4.78, 5) is 20.0. The van der Waals surface area contributed by atoms with E-state index >= 15 is 0 Å². The van der Waals surface area contributed by atoms with Gasteiger partial charge in [0.2, 0.25) is 10.3 Å². The van der Waals surface area contributed by atoms with Crippen LogP contribution in [0.4, 0.5) is 0 Å². The van der Waals surface area contributed by atoms with Gasteiger partial charge in [-0.3, -0.25) is 9.59 Å². The van der Waals surface area contributed by atoms with Crippen LogP contribution in [0.5, 0.6) is 0 Å². The number of carbonyl (C=O) groups excluding carboxylic acids is 1. The highest BCUT2D eigenvalue weighted by molar-refractivity contribution is 7.73. The SMILES string of the molecule is O=C(O)CC(=O)C=S(=O)=O. The van der Waals surface area contributed by atoms with E-state index in [0.717, 1.165) is 0 Å². The molecule has 0 heterocycles. The summed E-state index contributed by atoms with van der Waals surface area (Å²) in [5, 5.41) is 8.28. The van der Waals surface area contributed by atoms with Crippen molar-refractivity contribution >= 4 is 27.4 Å². The minimum atomic E-state index is -2.60. The molecule has 6 heteroatoms. The van der Waals surface area contributed by atoms with E-state index in [1.807, 2.05) is 0 Å². The molecule has 0 unspecified atom stereocenters. The Bertz CT molecular complexity index is 264. The Balaban J connectivity index is 4.14. The fraction of sp³-hybridized carbons (Fsp3) is 0.250. The van der Waals surface area contributed by atoms with Crippen molar-refractivity contribution in [1.29, 1.82) is 0 Å². The molecule has 0 spiro atoms. The molecule has 0 bridgehead atoms. The number of carboxylic acids is 1. The van der Waals surface area contributed by atoms with Crippen molar-refractivity contribution < 1.29 is 23.1 Å². The first kappa shape index (κ1) is 8.83. The number of aliphatic carboxylic acids is 1. The molecule has 0 amide bonds. The molecule has 0 aliphatic carbocycles. The van der Waals surface area contributed by atoms with Gasteiger partial charge in [-0.15, -0.1) is 0 Å². The highest BCUT2D eigenvalue weighted by atomic mass is 32.2. The monoisotopic (exact) mass is 164 g/mol. The number of hydrogen-bond donors (Lipinski definition) is 1. The van der Waals surface area contributed by atoms with Gasteiger partial charge in [-0.25, -0.2) is 0 Å². The van der Waals surface area contributed by atoms with Crippen molar-refractivity contribution in [2.24, 2.45) is 0 Å². The zero-order chi connectivity index (χ0) is 8.15. The number of carbonyl (C=O) groups is 2. The van der Waals surface area contributed by atoms with E-state index < -0.39 is 28.5 Å². The summed E-state index contributed by atoms with van der Waals surface area (Å²) in [7, 11) is -2.60. The second-order valence-electron chi connectivity index (χ2n) is 1.42. The van der Waals surface area contributed by atoms with Gasteiger partial charge in [0.1, 0.15) is 11.8 Å². The summed E-state index contributed by atoms with van der Waals surface area (Å²) < 4.78 is 19.4. The van der Waals surface area contributed by atoms with Crippen LogP contribution >= 0.6 is 0 Å². The first-order valence-electron chi connectivity index (χ1n) is 2.20. The highest BCUT2D eigenvalue weighted by Crippen LogP contribution is 1.77. The van der Waals surface area contributed by atoms with Gasteiger partial charge in [-0.2, -0.15) is 8.42 Å². The Morgan fingerprint density at radius 1 is 1.40 bits per heavy atom. The van der Waals surface area contributed by atoms with Crippen LogP contribution in [0, 0.1) is 0 Å². The van der Waals surface area contributed by atoms with E-state index in [2.05, 4.69) is 0 Å². The Kier molecular flexibility index (Phi) is 3.34. The van der Waals surface area contributed by atoms with Gasteiger partial charge in [-0.05, 0) is 0 Å². The summed E-state index contributed by atoms with van der Waals surface area (Å²) in [6, 6.07) is 0. The van der Waals surface area contributed by atoms with Crippen molar-refractivity contribution in [1.82, 2.24) is 0 Å². The molecule has 0 fully saturated rings. The van der Waals surface area contributed by atoms with E-state index in [1.54, 1.807) is 0 Å². The van der Waals surface area contributed by atoms with E-state index in [1.165, 1.54) is 0 Å². The Hall–Kier alpha value is -1.17. The lowest BCUT2D eigenvalue weighted by Gasteiger charge is -1.81. The predicted octanol–water partition coefficient (Wildman–Crippen LogP) is -1.29. The van der Waals surface area contributed by atoms with E-state index in [4.69, 9.17) is 5.11 Å². The number of carboxylic acid groups (broad SMARTS) is 1. The third-order valence-corrected chi connectivity index (χ3v) is 1.01. The van der Waals surface area contributed by atoms with Gasteiger partial charge >= 0.3 is 5.97 Å². The number of rotatable bonds is 3. The average molecular weight is 164 g/mol. The maximum Gasteiger partial charge on any atom is 0.311 e. The molecule has 0 aliphatic rings. The van der Waals surface area contributed by atoms with Crippen LogP contribution < -0.4 is 0 Å². The quantitative estimate of drug-likeness (QED) is 0.414. The lowest BCUT2D eigenvalue weighted by Crippen LogP contribution is -2.07. The van der Waals surface area contributed by atoms with Gasteiger partial charge in [0, 0.05) is 0 Å². The fourth-order valence-corrected chi connectivity index (χ4v) is 0.596. The zero-order valence-electron chi connectivity index (χ0n) is 4.77. The van der Waals surface area contributed by atoms with Crippen LogP contribution in [-0.2, 0) is 19.9 Å². The zero-order valence-corrected chi connectivity index (χ0v) is 5.59. The summed E-state index contributed by atoms with van der Waals surface area (Å²) in [5.41, 5.74) is 0. The Labute approximate surface area is 57.8 Å². The first-order chi connectivity index (χ1) is 4.52. The highest BCUT2D eigenvalue weighted by Gasteiger charge is 2.03. The molecule has 0 aromatic rings. The van der Waals surface area contributed by atoms with Gasteiger partial charge in [-0.1, -0.05) is 0 Å². The molecule has 0 radical (unpaired) electrons. The van der Waals surface area contributed by atoms with Crippen LogP contribution in [0.1, 0.15) is 6.42 Å². The summed E-state index contributed by atoms with van der Waals surface area (Å²) >= 11 is 0. The Morgan fingerprint density at radius 3 is 2.20 bits per heavy atom. The van der Waals surface area contributed by atoms with Crippen molar-refractivity contribution in [2.75, 3.05) is 0 Å². The topological polar surface area (TPSA) is 88.5 Å². The van der Waals surface area contributed by atoms with Gasteiger partial charge in [0.25, 0.3) is 0 Å². The number of Topliss-reactive ketones (excluding diaryl/α,β-unsaturated/α-hetero) is 1. The lowest BCUT2D eigenvalue weighted by molar-refractivity contribution is -0.138. The normalized spacial score (nSPS) is 8.40. The maximum atomic E-state index is 10.2. The fourth-order valence-electron chi connectivity index (χ4n) is 0.298. The van der Waals surface area contributed by atoms with Crippen molar-refractivity contribution in [3.8, 4) is 0 Å². The van der Waals surface area contributed by atoms with Gasteiger partial charge in [0.05, 0.1) is 0 Å². The smallest absolute Gasteiger partial charge is 0.311 e. The molecule has 0 saturated carbocycles. The molecule has 0 saturated heterocycles. The van der Waals surface area contributed by atoms with Crippen molar-refractivity contribution in [2.45, 2.75) is 6.42 Å². The molecule has 0 aliphatic heterocycles. The predicted molar refractivity (Wildman–Crippen MR) is 32.2 cm³/mol. The molecule has 0 atom stereocenters. The Morgan fingerprint density at radius 2 is 1.90 bits per heavy atom. The third-order valence-electron chi connectivity index (χ3n) is 0.553. The molecule has 0 aromatic heterocycles. The summed E-state index contributed by atoms with van der Waals surface area (Å²) in [5.74, 6) is -2.27. The van der Waals surface area contributed by atoms with Crippen LogP contribution in [-0.4, -0.2) is 30.6 Å². The van der Waals surface area contributed by atoms with Crippen molar-refractivity contribution in [3.05, 3.63) is 0 Å². The first-order valence-corrected chi connectivity index (χ1v) is 3.33. The van der Waals surface area contributed by atoms with E-state index in [-0.39, 0.29) is 0 Å². The van der Waals surface area contributed by atoms with Crippen molar-refractivity contribution in [3.63, 3.8) is 0 Å². The third kappa shape index (κ3) is 4.98. The second-order valence-corrected chi connectivity index (χ2v) is 2.17. The molecular formula is C4H4O5S. The van der Waals surface area contributed by atoms with Gasteiger partial charge < -0.3 is 5.11 Å².